The van der Waals surface area contributed by atoms with Crippen molar-refractivity contribution >= 4 is 79.0 Å². The van der Waals surface area contributed by atoms with E-state index in [4.69, 9.17) is 8.83 Å². The molecule has 5 heterocycles. The summed E-state index contributed by atoms with van der Waals surface area (Å²) in [4.78, 5) is 2.46. The highest BCUT2D eigenvalue weighted by molar-refractivity contribution is 6.91. The number of aromatic nitrogens is 1. The van der Waals surface area contributed by atoms with Gasteiger partial charge in [0.25, 0.3) is 0 Å². The third-order valence-electron chi connectivity index (χ3n) is 12.2. The van der Waals surface area contributed by atoms with Crippen molar-refractivity contribution in [2.45, 2.75) is 65.2 Å². The molecule has 0 radical (unpaired) electrons. The van der Waals surface area contributed by atoms with Crippen LogP contribution in [-0.2, 0) is 10.8 Å². The highest BCUT2D eigenvalue weighted by atomic mass is 16.4. The third kappa shape index (κ3) is 3.36. The molecule has 1 aliphatic carbocycles. The Kier molecular flexibility index (Phi) is 5.04. The Morgan fingerprint density at radius 1 is 0.612 bits per heavy atom. The predicted molar refractivity (Wildman–Crippen MR) is 204 cm³/mol. The molecule has 0 bridgehead atoms. The average molecular weight is 637 g/mol. The molecule has 0 spiro atoms. The maximum atomic E-state index is 7.07. The van der Waals surface area contributed by atoms with E-state index in [-0.39, 0.29) is 17.7 Å². The second kappa shape index (κ2) is 8.89. The molecule has 5 aromatic carbocycles. The molecule has 8 aromatic rings. The first-order valence-electron chi connectivity index (χ1n) is 17.7. The summed E-state index contributed by atoms with van der Waals surface area (Å²) in [5, 5.41) is 3.46. The van der Waals surface area contributed by atoms with Crippen molar-refractivity contribution in [1.82, 2.24) is 4.48 Å². The molecular weight excluding hydrogens is 599 g/mol. The normalized spacial score (nSPS) is 16.9. The summed E-state index contributed by atoms with van der Waals surface area (Å²) in [6.07, 6.45) is 2.36. The number of para-hydroxylation sites is 3. The molecule has 238 valence electrons. The van der Waals surface area contributed by atoms with Gasteiger partial charge in [0.05, 0.1) is 11.2 Å². The summed E-state index contributed by atoms with van der Waals surface area (Å²) < 4.78 is 16.3. The fraction of sp³-hybridized carbons (Fsp3) is 0.227. The van der Waals surface area contributed by atoms with Gasteiger partial charge in [0.15, 0.2) is 5.58 Å². The number of benzene rings is 5. The summed E-state index contributed by atoms with van der Waals surface area (Å²) in [7, 11) is 0. The number of fused-ring (bicyclic) bond motifs is 12. The van der Waals surface area contributed by atoms with Crippen molar-refractivity contribution in [2.24, 2.45) is 0 Å². The van der Waals surface area contributed by atoms with E-state index in [2.05, 4.69) is 142 Å². The van der Waals surface area contributed by atoms with Crippen molar-refractivity contribution in [3.63, 3.8) is 0 Å². The Morgan fingerprint density at radius 3 is 2.06 bits per heavy atom. The second-order valence-electron chi connectivity index (χ2n) is 16.1. The molecule has 4 nitrogen and oxygen atoms in total. The van der Waals surface area contributed by atoms with Crippen molar-refractivity contribution in [1.29, 1.82) is 0 Å². The lowest BCUT2D eigenvalue weighted by Gasteiger charge is -2.44. The zero-order valence-corrected chi connectivity index (χ0v) is 28.9. The van der Waals surface area contributed by atoms with Crippen LogP contribution in [-0.4, -0.2) is 11.3 Å². The van der Waals surface area contributed by atoms with Gasteiger partial charge < -0.3 is 13.3 Å². The summed E-state index contributed by atoms with van der Waals surface area (Å²) >= 11 is 0. The minimum atomic E-state index is -0.0929. The van der Waals surface area contributed by atoms with Crippen LogP contribution in [0.1, 0.15) is 62.8 Å². The Morgan fingerprint density at radius 2 is 1.29 bits per heavy atom. The summed E-state index contributed by atoms with van der Waals surface area (Å²) in [5.74, 6) is 0.911. The Bertz CT molecular complexity index is 2770. The monoisotopic (exact) mass is 636 g/mol. The quantitative estimate of drug-likeness (QED) is 0.168. The van der Waals surface area contributed by atoms with Gasteiger partial charge in [0.2, 0.25) is 5.88 Å². The van der Waals surface area contributed by atoms with E-state index in [0.29, 0.717) is 0 Å². The van der Waals surface area contributed by atoms with E-state index in [1.54, 1.807) is 0 Å². The molecule has 0 unspecified atom stereocenters. The van der Waals surface area contributed by atoms with Crippen molar-refractivity contribution in [3.8, 4) is 11.1 Å². The molecule has 0 amide bonds. The third-order valence-corrected chi connectivity index (χ3v) is 12.2. The van der Waals surface area contributed by atoms with Gasteiger partial charge in [-0.15, -0.1) is 0 Å². The fourth-order valence-electron chi connectivity index (χ4n) is 9.69. The van der Waals surface area contributed by atoms with Gasteiger partial charge in [-0.3, -0.25) is 4.90 Å². The maximum Gasteiger partial charge on any atom is 0.337 e. The number of rotatable bonds is 1. The lowest BCUT2D eigenvalue weighted by molar-refractivity contribution is 0.332. The van der Waals surface area contributed by atoms with Gasteiger partial charge >= 0.3 is 6.85 Å². The molecule has 0 fully saturated rings. The molecule has 11 rings (SSSR count). The van der Waals surface area contributed by atoms with Crippen LogP contribution in [0.5, 0.6) is 0 Å². The SMILES string of the molecule is Cc1cc2c3c(c1)N(c1cc4c(cc1C)C(C)(C)CCC4(C)C)c1oc4ccccc4c1B3n1c3c-2cccc3c2oc3ccccc3c21. The number of aryl methyl sites for hydroxylation is 2. The van der Waals surface area contributed by atoms with Crippen LogP contribution in [0.3, 0.4) is 0 Å². The van der Waals surface area contributed by atoms with E-state index >= 15 is 0 Å². The van der Waals surface area contributed by atoms with E-state index < -0.39 is 0 Å². The lowest BCUT2D eigenvalue weighted by Crippen LogP contribution is -2.56. The number of furan rings is 2. The van der Waals surface area contributed by atoms with Crippen molar-refractivity contribution in [2.75, 3.05) is 4.90 Å². The molecule has 3 aromatic heterocycles. The molecule has 3 aliphatic rings. The summed E-state index contributed by atoms with van der Waals surface area (Å²) in [6.45, 7) is 14.1. The zero-order valence-electron chi connectivity index (χ0n) is 28.9. The van der Waals surface area contributed by atoms with Gasteiger partial charge in [0, 0.05) is 38.4 Å². The van der Waals surface area contributed by atoms with Crippen LogP contribution in [0, 0.1) is 13.8 Å². The highest BCUT2D eigenvalue weighted by Crippen LogP contribution is 2.52. The van der Waals surface area contributed by atoms with E-state index in [9.17, 15) is 0 Å². The van der Waals surface area contributed by atoms with Gasteiger partial charge in [-0.1, -0.05) is 82.3 Å². The summed E-state index contributed by atoms with van der Waals surface area (Å²) in [5.41, 5.74) is 18.3. The zero-order chi connectivity index (χ0) is 33.1. The first-order chi connectivity index (χ1) is 23.6. The molecule has 0 N–H and O–H groups in total. The summed E-state index contributed by atoms with van der Waals surface area (Å²) in [6, 6.07) is 33.6. The van der Waals surface area contributed by atoms with Crippen molar-refractivity contribution < 1.29 is 8.83 Å². The van der Waals surface area contributed by atoms with E-state index in [1.165, 1.54) is 74.0 Å². The van der Waals surface area contributed by atoms with Gasteiger partial charge in [-0.2, -0.15) is 0 Å². The van der Waals surface area contributed by atoms with Crippen LogP contribution in [0.25, 0.3) is 55.1 Å². The first-order valence-corrected chi connectivity index (χ1v) is 17.7. The minimum absolute atomic E-state index is 0.0813. The van der Waals surface area contributed by atoms with Gasteiger partial charge in [-0.25, -0.2) is 0 Å². The molecule has 2 aliphatic heterocycles. The smallest absolute Gasteiger partial charge is 0.337 e. The molecule has 0 saturated carbocycles. The Hall–Kier alpha value is -5.16. The number of hydrogen-bond acceptors (Lipinski definition) is 3. The largest absolute Gasteiger partial charge is 0.454 e. The van der Waals surface area contributed by atoms with E-state index in [0.717, 1.165) is 44.3 Å². The first kappa shape index (κ1) is 27.8. The van der Waals surface area contributed by atoms with Crippen LogP contribution in [0.4, 0.5) is 17.3 Å². The maximum absolute atomic E-state index is 7.07. The molecule has 5 heteroatoms. The van der Waals surface area contributed by atoms with Gasteiger partial charge in [-0.05, 0) is 107 Å². The lowest BCUT2D eigenvalue weighted by atomic mass is 9.45. The van der Waals surface area contributed by atoms with Crippen LogP contribution >= 0.6 is 0 Å². The minimum Gasteiger partial charge on any atom is -0.454 e. The number of anilines is 3. The van der Waals surface area contributed by atoms with E-state index in [1.807, 2.05) is 0 Å². The molecule has 0 saturated heterocycles. The van der Waals surface area contributed by atoms with Gasteiger partial charge in [0.1, 0.15) is 11.2 Å². The Balaban J connectivity index is 1.31. The molecule has 0 atom stereocenters. The standard InChI is InChI=1S/C44H37BN2O2/c1-24-20-30-26-14-11-15-29-39(26)47(40-28-13-8-10-17-36(28)48-41(29)40)45-37(30)34(21-24)46(42-38(45)27-12-7-9-16-35(27)49-42)33-23-32-31(22-25(33)2)43(3,4)18-19-44(32,5)6/h7-17,20-23H,18-19H2,1-6H3. The average Bonchev–Trinajstić information content (AvgIpc) is 3.75. The Labute approximate surface area is 286 Å². The van der Waals surface area contributed by atoms with Crippen LogP contribution < -0.4 is 15.8 Å². The second-order valence-corrected chi connectivity index (χ2v) is 16.1. The highest BCUT2D eigenvalue weighted by Gasteiger charge is 2.47. The van der Waals surface area contributed by atoms with Crippen molar-refractivity contribution in [3.05, 3.63) is 113 Å². The topological polar surface area (TPSA) is 34.5 Å². The molecular formula is C44H37BN2O2. The number of nitrogens with zero attached hydrogens (tertiary/aromatic N) is 2. The predicted octanol–water partition coefficient (Wildman–Crippen LogP) is 10.7. The number of hydrogen-bond donors (Lipinski definition) is 0. The molecule has 49 heavy (non-hydrogen) atoms. The van der Waals surface area contributed by atoms with Crippen LogP contribution in [0.2, 0.25) is 0 Å². The van der Waals surface area contributed by atoms with Crippen LogP contribution in [0.15, 0.2) is 99.8 Å². The fourth-order valence-corrected chi connectivity index (χ4v) is 9.69.